The van der Waals surface area contributed by atoms with Crippen molar-refractivity contribution in [3.05, 3.63) is 48.3 Å². The summed E-state index contributed by atoms with van der Waals surface area (Å²) in [6.45, 7) is 0. The molecule has 0 radical (unpaired) electrons. The predicted octanol–water partition coefficient (Wildman–Crippen LogP) is 1.45. The number of halogens is 2. The van der Waals surface area contributed by atoms with Crippen molar-refractivity contribution < 1.29 is 17.2 Å². The second-order valence-electron chi connectivity index (χ2n) is 3.75. The summed E-state index contributed by atoms with van der Waals surface area (Å²) in [6.07, 6.45) is 2.43. The summed E-state index contributed by atoms with van der Waals surface area (Å²) in [7, 11) is -4.03. The van der Waals surface area contributed by atoms with E-state index in [9.17, 15) is 17.2 Å². The smallest absolute Gasteiger partial charge is 0.265 e. The number of sulfonamides is 1. The first-order chi connectivity index (χ1) is 9.44. The van der Waals surface area contributed by atoms with Gasteiger partial charge in [0.2, 0.25) is 0 Å². The van der Waals surface area contributed by atoms with Crippen molar-refractivity contribution in [1.82, 2.24) is 4.98 Å². The number of hydrogen-bond donors (Lipinski definition) is 3. The van der Waals surface area contributed by atoms with Gasteiger partial charge in [-0.15, -0.1) is 0 Å². The highest BCUT2D eigenvalue weighted by molar-refractivity contribution is 7.92. The van der Waals surface area contributed by atoms with E-state index in [0.29, 0.717) is 0 Å². The van der Waals surface area contributed by atoms with Crippen molar-refractivity contribution in [3.8, 4) is 0 Å². The Morgan fingerprint density at radius 1 is 1.15 bits per heavy atom. The molecule has 0 bridgehead atoms. The summed E-state index contributed by atoms with van der Waals surface area (Å²) in [4.78, 5) is 3.47. The van der Waals surface area contributed by atoms with Crippen molar-refractivity contribution in [3.63, 3.8) is 0 Å². The highest BCUT2D eigenvalue weighted by Crippen LogP contribution is 2.22. The molecule has 2 aromatic rings. The minimum atomic E-state index is -4.03. The largest absolute Gasteiger partial charge is 0.323 e. The molecule has 2 rings (SSSR count). The van der Waals surface area contributed by atoms with E-state index in [1.807, 2.05) is 0 Å². The Morgan fingerprint density at radius 3 is 2.55 bits per heavy atom. The van der Waals surface area contributed by atoms with E-state index < -0.39 is 21.7 Å². The SMILES string of the molecule is NNc1ccncc1S(=O)(=O)Nc1ccc(F)c(F)c1. The Hall–Kier alpha value is -2.26. The molecule has 1 heterocycles. The van der Waals surface area contributed by atoms with Gasteiger partial charge in [-0.3, -0.25) is 15.5 Å². The maximum Gasteiger partial charge on any atom is 0.265 e. The zero-order valence-corrected chi connectivity index (χ0v) is 10.8. The number of nitrogen functional groups attached to an aromatic ring is 1. The number of nitrogens with zero attached hydrogens (tertiary/aromatic N) is 1. The molecule has 4 N–H and O–H groups in total. The molecule has 0 amide bonds. The van der Waals surface area contributed by atoms with E-state index in [4.69, 9.17) is 5.84 Å². The Labute approximate surface area is 113 Å². The number of hydrogen-bond acceptors (Lipinski definition) is 5. The average Bonchev–Trinajstić information content (AvgIpc) is 2.42. The number of nitrogens with one attached hydrogen (secondary N) is 2. The molecule has 0 saturated heterocycles. The molecule has 6 nitrogen and oxygen atoms in total. The van der Waals surface area contributed by atoms with Gasteiger partial charge in [0, 0.05) is 18.5 Å². The molecular weight excluding hydrogens is 290 g/mol. The number of aromatic nitrogens is 1. The van der Waals surface area contributed by atoms with Gasteiger partial charge in [0.05, 0.1) is 11.4 Å². The molecule has 9 heteroatoms. The maximum atomic E-state index is 13.0. The minimum Gasteiger partial charge on any atom is -0.323 e. The lowest BCUT2D eigenvalue weighted by atomic mass is 10.3. The first-order valence-electron chi connectivity index (χ1n) is 5.32. The molecule has 1 aromatic heterocycles. The van der Waals surface area contributed by atoms with Crippen LogP contribution in [0.15, 0.2) is 41.6 Å². The number of nitrogens with two attached hydrogens (primary N) is 1. The van der Waals surface area contributed by atoms with Crippen LogP contribution in [0.1, 0.15) is 0 Å². The average molecular weight is 300 g/mol. The fraction of sp³-hybridized carbons (Fsp3) is 0. The van der Waals surface area contributed by atoms with Crippen LogP contribution in [-0.2, 0) is 10.0 Å². The molecule has 0 atom stereocenters. The third kappa shape index (κ3) is 2.83. The van der Waals surface area contributed by atoms with Gasteiger partial charge in [-0.25, -0.2) is 17.2 Å². The Morgan fingerprint density at radius 2 is 1.90 bits per heavy atom. The first-order valence-corrected chi connectivity index (χ1v) is 6.81. The zero-order valence-electron chi connectivity index (χ0n) is 9.97. The second kappa shape index (κ2) is 5.39. The van der Waals surface area contributed by atoms with Crippen molar-refractivity contribution in [1.29, 1.82) is 0 Å². The minimum absolute atomic E-state index is 0.115. The molecule has 106 valence electrons. The molecule has 1 aromatic carbocycles. The molecule has 20 heavy (non-hydrogen) atoms. The van der Waals surface area contributed by atoms with Crippen LogP contribution < -0.4 is 16.0 Å². The fourth-order valence-electron chi connectivity index (χ4n) is 1.48. The van der Waals surface area contributed by atoms with Crippen LogP contribution in [0, 0.1) is 11.6 Å². The van der Waals surface area contributed by atoms with Gasteiger partial charge in [0.15, 0.2) is 11.6 Å². The van der Waals surface area contributed by atoms with Crippen LogP contribution in [0.4, 0.5) is 20.2 Å². The van der Waals surface area contributed by atoms with Gasteiger partial charge in [0.1, 0.15) is 4.90 Å². The number of hydrazine groups is 1. The summed E-state index contributed by atoms with van der Waals surface area (Å²) >= 11 is 0. The third-order valence-corrected chi connectivity index (χ3v) is 3.81. The van der Waals surface area contributed by atoms with Crippen LogP contribution in [0.3, 0.4) is 0 Å². The maximum absolute atomic E-state index is 13.0. The second-order valence-corrected chi connectivity index (χ2v) is 5.40. The van der Waals surface area contributed by atoms with E-state index >= 15 is 0 Å². The molecular formula is C11H10F2N4O2S. The van der Waals surface area contributed by atoms with Crippen molar-refractivity contribution in [2.45, 2.75) is 4.90 Å². The zero-order chi connectivity index (χ0) is 14.8. The van der Waals surface area contributed by atoms with Gasteiger partial charge >= 0.3 is 0 Å². The summed E-state index contributed by atoms with van der Waals surface area (Å²) < 4.78 is 52.2. The quantitative estimate of drug-likeness (QED) is 0.586. The van der Waals surface area contributed by atoms with E-state index in [1.165, 1.54) is 12.3 Å². The normalized spacial score (nSPS) is 11.2. The number of pyridine rings is 1. The number of anilines is 2. The lowest BCUT2D eigenvalue weighted by molar-refractivity contribution is 0.509. The molecule has 0 spiro atoms. The number of rotatable bonds is 4. The molecule has 0 aliphatic heterocycles. The summed E-state index contributed by atoms with van der Waals surface area (Å²) in [5.74, 6) is 2.98. The van der Waals surface area contributed by atoms with Crippen LogP contribution in [0.2, 0.25) is 0 Å². The summed E-state index contributed by atoms with van der Waals surface area (Å²) in [5, 5.41) is 0. The van der Waals surface area contributed by atoms with Crippen LogP contribution in [0.5, 0.6) is 0 Å². The summed E-state index contributed by atoms with van der Waals surface area (Å²) in [5.41, 5.74) is 2.22. The Bertz CT molecular complexity index is 737. The standard InChI is InChI=1S/C11H10F2N4O2S/c12-8-2-1-7(5-9(8)13)17-20(18,19)11-6-15-4-3-10(11)16-14/h1-6,17H,14H2,(H,15,16). The van der Waals surface area contributed by atoms with Gasteiger partial charge in [-0.1, -0.05) is 0 Å². The van der Waals surface area contributed by atoms with Crippen LogP contribution in [-0.4, -0.2) is 13.4 Å². The van der Waals surface area contributed by atoms with Crippen LogP contribution in [0.25, 0.3) is 0 Å². The molecule has 0 fully saturated rings. The molecule has 0 aliphatic carbocycles. The Kier molecular flexibility index (Phi) is 3.81. The molecule has 0 aliphatic rings. The summed E-state index contributed by atoms with van der Waals surface area (Å²) in [6, 6.07) is 4.01. The fourth-order valence-corrected chi connectivity index (χ4v) is 2.65. The van der Waals surface area contributed by atoms with Gasteiger partial charge in [-0.2, -0.15) is 0 Å². The molecule has 0 saturated carbocycles. The van der Waals surface area contributed by atoms with E-state index in [1.54, 1.807) is 0 Å². The highest BCUT2D eigenvalue weighted by Gasteiger charge is 2.19. The third-order valence-electron chi connectivity index (χ3n) is 2.40. The number of benzene rings is 1. The van der Waals surface area contributed by atoms with E-state index in [2.05, 4.69) is 15.1 Å². The van der Waals surface area contributed by atoms with E-state index in [0.717, 1.165) is 24.4 Å². The monoisotopic (exact) mass is 300 g/mol. The topological polar surface area (TPSA) is 97.1 Å². The van der Waals surface area contributed by atoms with Crippen molar-refractivity contribution in [2.24, 2.45) is 5.84 Å². The molecule has 0 unspecified atom stereocenters. The van der Waals surface area contributed by atoms with Gasteiger partial charge in [-0.05, 0) is 18.2 Å². The Balaban J connectivity index is 2.38. The van der Waals surface area contributed by atoms with E-state index in [-0.39, 0.29) is 16.3 Å². The van der Waals surface area contributed by atoms with Gasteiger partial charge < -0.3 is 5.43 Å². The van der Waals surface area contributed by atoms with Crippen molar-refractivity contribution in [2.75, 3.05) is 10.1 Å². The van der Waals surface area contributed by atoms with Gasteiger partial charge in [0.25, 0.3) is 10.0 Å². The lowest BCUT2D eigenvalue weighted by Gasteiger charge is -2.11. The van der Waals surface area contributed by atoms with Crippen molar-refractivity contribution >= 4 is 21.4 Å². The highest BCUT2D eigenvalue weighted by atomic mass is 32.2. The predicted molar refractivity (Wildman–Crippen MR) is 69.2 cm³/mol. The van der Waals surface area contributed by atoms with Crippen LogP contribution >= 0.6 is 0 Å². The lowest BCUT2D eigenvalue weighted by Crippen LogP contribution is -2.18. The first kappa shape index (κ1) is 14.2.